The number of hydrogen-bond donors (Lipinski definition) is 2. The smallest absolute Gasteiger partial charge is 0.408 e. The molecule has 0 spiro atoms. The quantitative estimate of drug-likeness (QED) is 0.0736. The van der Waals surface area contributed by atoms with Gasteiger partial charge in [-0.1, -0.05) is 208 Å². The maximum atomic E-state index is 15.2. The molecule has 10 nitrogen and oxygen atoms in total. The van der Waals surface area contributed by atoms with Gasteiger partial charge in [-0.2, -0.15) is 0 Å². The van der Waals surface area contributed by atoms with Crippen molar-refractivity contribution in [1.82, 2.24) is 25.1 Å². The Morgan fingerprint density at radius 3 is 1.57 bits per heavy atom. The lowest BCUT2D eigenvalue weighted by atomic mass is 9.77. The lowest BCUT2D eigenvalue weighted by Crippen LogP contribution is -2.56. The fourth-order valence-corrected chi connectivity index (χ4v) is 8.86. The number of nitrogens with zero attached hydrogens (tertiary/aromatic N) is 3. The fraction of sp³-hybridized carbons (Fsp3) is 0.200. The van der Waals surface area contributed by atoms with Gasteiger partial charge >= 0.3 is 6.09 Å². The van der Waals surface area contributed by atoms with E-state index in [0.717, 1.165) is 38.9 Å². The molecule has 0 aliphatic carbocycles. The lowest BCUT2D eigenvalue weighted by Gasteiger charge is -2.37. The highest BCUT2D eigenvalue weighted by atomic mass is 16.5. The molecule has 0 radical (unpaired) electrons. The van der Waals surface area contributed by atoms with Crippen molar-refractivity contribution in [2.45, 2.75) is 62.9 Å². The van der Waals surface area contributed by atoms with Crippen LogP contribution in [0, 0.1) is 0 Å². The molecule has 0 aliphatic rings. The number of ether oxygens (including phenoxy) is 2. The number of aromatic nitrogens is 2. The minimum absolute atomic E-state index is 0.000907. The van der Waals surface area contributed by atoms with E-state index in [9.17, 15) is 9.59 Å². The van der Waals surface area contributed by atoms with Crippen LogP contribution < -0.4 is 15.4 Å². The molecule has 0 saturated heterocycles. The largest absolute Gasteiger partial charge is 0.489 e. The molecular weight excluding hydrogens is 871 g/mol. The van der Waals surface area contributed by atoms with E-state index in [1.54, 1.807) is 13.4 Å². The molecule has 0 bridgehead atoms. The molecule has 8 aromatic rings. The molecule has 10 heteroatoms. The molecular formula is C60H59N5O5. The van der Waals surface area contributed by atoms with Crippen LogP contribution in [0.1, 0.15) is 58.5 Å². The summed E-state index contributed by atoms with van der Waals surface area (Å²) in [6, 6.07) is 65.4. The maximum Gasteiger partial charge on any atom is 0.408 e. The predicted octanol–water partition coefficient (Wildman–Crippen LogP) is 10.3. The summed E-state index contributed by atoms with van der Waals surface area (Å²) in [4.78, 5) is 49.9. The van der Waals surface area contributed by atoms with Crippen LogP contribution in [0.5, 0.6) is 5.75 Å². The number of benzene rings is 7. The Balaban J connectivity index is 1.11. The number of carbonyl (C=O) groups excluding carboxylic acids is 3. The van der Waals surface area contributed by atoms with E-state index in [0.29, 0.717) is 24.6 Å². The van der Waals surface area contributed by atoms with Gasteiger partial charge in [-0.05, 0) is 51.1 Å². The first-order valence-electron chi connectivity index (χ1n) is 23.6. The van der Waals surface area contributed by atoms with Gasteiger partial charge in [0.1, 0.15) is 36.6 Å². The van der Waals surface area contributed by atoms with Crippen LogP contribution >= 0.6 is 0 Å². The average molecular weight is 930 g/mol. The molecule has 0 aliphatic heterocycles. The Hall–Kier alpha value is -8.24. The second-order valence-corrected chi connectivity index (χ2v) is 18.1. The van der Waals surface area contributed by atoms with Crippen LogP contribution in [0.15, 0.2) is 219 Å². The Morgan fingerprint density at radius 2 is 1.06 bits per heavy atom. The fourth-order valence-electron chi connectivity index (χ4n) is 8.86. The van der Waals surface area contributed by atoms with Crippen molar-refractivity contribution >= 4 is 17.9 Å². The zero-order valence-electron chi connectivity index (χ0n) is 39.9. The minimum atomic E-state index is -1.18. The zero-order chi connectivity index (χ0) is 48.8. The topological polar surface area (TPSA) is 115 Å². The summed E-state index contributed by atoms with van der Waals surface area (Å²) in [5.41, 5.74) is 6.01. The van der Waals surface area contributed by atoms with Crippen molar-refractivity contribution in [2.24, 2.45) is 0 Å². The van der Waals surface area contributed by atoms with Gasteiger partial charge in [-0.25, -0.2) is 9.78 Å². The monoisotopic (exact) mass is 929 g/mol. The third-order valence-electron chi connectivity index (χ3n) is 12.8. The van der Waals surface area contributed by atoms with E-state index in [2.05, 4.69) is 65.4 Å². The van der Waals surface area contributed by atoms with Gasteiger partial charge in [-0.3, -0.25) is 9.59 Å². The highest BCUT2D eigenvalue weighted by Crippen LogP contribution is 2.41. The van der Waals surface area contributed by atoms with Crippen molar-refractivity contribution in [2.75, 3.05) is 13.6 Å². The van der Waals surface area contributed by atoms with Crippen molar-refractivity contribution in [1.29, 1.82) is 0 Å². The number of alkyl carbamates (subject to hydrolysis) is 1. The van der Waals surface area contributed by atoms with Gasteiger partial charge in [0, 0.05) is 38.0 Å². The van der Waals surface area contributed by atoms with E-state index in [1.807, 2.05) is 176 Å². The summed E-state index contributed by atoms with van der Waals surface area (Å²) >= 11 is 0. The Kier molecular flexibility index (Phi) is 15.6. The van der Waals surface area contributed by atoms with Gasteiger partial charge < -0.3 is 29.6 Å². The summed E-state index contributed by atoms with van der Waals surface area (Å²) in [5, 5.41) is 6.06. The molecule has 70 heavy (non-hydrogen) atoms. The van der Waals surface area contributed by atoms with E-state index < -0.39 is 35.0 Å². The van der Waals surface area contributed by atoms with Gasteiger partial charge in [0.2, 0.25) is 11.8 Å². The van der Waals surface area contributed by atoms with E-state index in [4.69, 9.17) is 14.5 Å². The number of amides is 3. The zero-order valence-corrected chi connectivity index (χ0v) is 39.9. The van der Waals surface area contributed by atoms with E-state index in [1.165, 1.54) is 4.90 Å². The number of rotatable bonds is 20. The van der Waals surface area contributed by atoms with Crippen LogP contribution in [0.25, 0.3) is 0 Å². The normalized spacial score (nSPS) is 12.3. The standard InChI is InChI=1S/C60H59N5O5/c1-59(2,48-26-14-6-15-27-48)43-61-56(66)55(38-45-34-36-53(37-35-45)69-41-46-22-10-4-11-23-46)64(3)57(67)54(63-58(68)70-42-47-24-12-5-13-25-47)39-52-40-65(44-62-52)60(49-28-16-7-17-29-49,50-30-18-8-19-31-50)51-32-20-9-21-33-51/h4-37,40,44,54-55H,38-39,41-43H2,1-3H3,(H,61,66)(H,63,68)/t54-,55+/m0/s1. The van der Waals surface area contributed by atoms with Crippen LogP contribution in [0.2, 0.25) is 0 Å². The molecule has 8 rings (SSSR count). The minimum Gasteiger partial charge on any atom is -0.489 e. The Labute approximate surface area is 411 Å². The van der Waals surface area contributed by atoms with Crippen LogP contribution in [0.3, 0.4) is 0 Å². The Bertz CT molecular complexity index is 2800. The maximum absolute atomic E-state index is 15.2. The molecule has 2 N–H and O–H groups in total. The van der Waals surface area contributed by atoms with Crippen LogP contribution in [0.4, 0.5) is 4.79 Å². The third-order valence-corrected chi connectivity index (χ3v) is 12.8. The van der Waals surface area contributed by atoms with Crippen molar-refractivity contribution in [3.8, 4) is 5.75 Å². The first kappa shape index (κ1) is 48.2. The molecule has 2 atom stereocenters. The Morgan fingerprint density at radius 1 is 0.586 bits per heavy atom. The highest BCUT2D eigenvalue weighted by molar-refractivity contribution is 5.91. The molecule has 1 heterocycles. The number of likely N-dealkylation sites (N-methyl/N-ethyl adjacent to an activating group) is 1. The second-order valence-electron chi connectivity index (χ2n) is 18.1. The lowest BCUT2D eigenvalue weighted by molar-refractivity contribution is -0.140. The number of carbonyl (C=O) groups is 3. The molecule has 7 aromatic carbocycles. The molecule has 354 valence electrons. The van der Waals surface area contributed by atoms with Crippen molar-refractivity contribution in [3.05, 3.63) is 263 Å². The van der Waals surface area contributed by atoms with Gasteiger partial charge in [0.25, 0.3) is 0 Å². The molecule has 0 unspecified atom stereocenters. The highest BCUT2D eigenvalue weighted by Gasteiger charge is 2.39. The number of imidazole rings is 1. The molecule has 1 aromatic heterocycles. The molecule has 0 saturated carbocycles. The van der Waals surface area contributed by atoms with Gasteiger partial charge in [-0.15, -0.1) is 0 Å². The summed E-state index contributed by atoms with van der Waals surface area (Å²) in [6.07, 6.45) is 3.11. The molecule has 3 amide bonds. The van der Waals surface area contributed by atoms with E-state index in [-0.39, 0.29) is 25.4 Å². The van der Waals surface area contributed by atoms with Crippen molar-refractivity contribution < 1.29 is 23.9 Å². The second kappa shape index (κ2) is 22.7. The van der Waals surface area contributed by atoms with Crippen molar-refractivity contribution in [3.63, 3.8) is 0 Å². The SMILES string of the molecule is CN(C(=O)[C@H](Cc1cn(C(c2ccccc2)(c2ccccc2)c2ccccc2)cn1)NC(=O)OCc1ccccc1)[C@H](Cc1ccc(OCc2ccccc2)cc1)C(=O)NCC(C)(C)c1ccccc1. The number of hydrogen-bond acceptors (Lipinski definition) is 6. The first-order chi connectivity index (χ1) is 34.1. The predicted molar refractivity (Wildman–Crippen MR) is 274 cm³/mol. The summed E-state index contributed by atoms with van der Waals surface area (Å²) in [5.74, 6) is -0.148. The first-order valence-corrected chi connectivity index (χ1v) is 23.6. The van der Waals surface area contributed by atoms with Crippen LogP contribution in [-0.2, 0) is 51.3 Å². The summed E-state index contributed by atoms with van der Waals surface area (Å²) in [7, 11) is 1.61. The summed E-state index contributed by atoms with van der Waals surface area (Å²) < 4.78 is 13.8. The number of nitrogens with one attached hydrogen (secondary N) is 2. The van der Waals surface area contributed by atoms with Crippen LogP contribution in [-0.4, -0.2) is 58.0 Å². The van der Waals surface area contributed by atoms with E-state index >= 15 is 4.79 Å². The van der Waals surface area contributed by atoms with Gasteiger partial charge in [0.05, 0.1) is 12.0 Å². The van der Waals surface area contributed by atoms with Gasteiger partial charge in [0.15, 0.2) is 0 Å². The third kappa shape index (κ3) is 11.7. The summed E-state index contributed by atoms with van der Waals surface area (Å²) in [6.45, 7) is 4.87. The molecule has 0 fully saturated rings. The average Bonchev–Trinajstić information content (AvgIpc) is 3.88.